The fourth-order valence-corrected chi connectivity index (χ4v) is 3.37. The Morgan fingerprint density at radius 3 is 2.53 bits per heavy atom. The minimum Gasteiger partial charge on any atom is -0.386 e. The Balaban J connectivity index is 2.25. The second-order valence-electron chi connectivity index (χ2n) is 4.66. The predicted octanol–water partition coefficient (Wildman–Crippen LogP) is 2.66. The molecule has 2 rings (SSSR count). The van der Waals surface area contributed by atoms with Crippen LogP contribution in [-0.4, -0.2) is 29.6 Å². The normalized spacial score (nSPS) is 22.1. The van der Waals surface area contributed by atoms with Crippen LogP contribution in [0, 0.1) is 0 Å². The minimum atomic E-state index is -0.332. The van der Waals surface area contributed by atoms with Crippen molar-refractivity contribution in [1.29, 1.82) is 0 Å². The molecule has 1 N–H and O–H groups in total. The molecule has 3 heteroatoms. The first-order chi connectivity index (χ1) is 7.17. The van der Waals surface area contributed by atoms with Gasteiger partial charge in [-0.1, -0.05) is 12.8 Å². The third-order valence-electron chi connectivity index (χ3n) is 3.73. The predicted molar refractivity (Wildman–Crippen MR) is 64.2 cm³/mol. The van der Waals surface area contributed by atoms with Gasteiger partial charge in [-0.05, 0) is 49.3 Å². The van der Waals surface area contributed by atoms with Crippen LogP contribution in [-0.2, 0) is 0 Å². The maximum atomic E-state index is 10.5. The van der Waals surface area contributed by atoms with Crippen LogP contribution in [0.1, 0.15) is 37.4 Å². The largest absolute Gasteiger partial charge is 0.386 e. The highest BCUT2D eigenvalue weighted by atomic mass is 32.1. The van der Waals surface area contributed by atoms with Crippen molar-refractivity contribution in [3.05, 3.63) is 22.4 Å². The third kappa shape index (κ3) is 1.84. The maximum absolute atomic E-state index is 10.5. The van der Waals surface area contributed by atoms with Crippen molar-refractivity contribution in [2.45, 2.75) is 37.3 Å². The van der Waals surface area contributed by atoms with E-state index >= 15 is 0 Å². The highest BCUT2D eigenvalue weighted by Crippen LogP contribution is 2.43. The van der Waals surface area contributed by atoms with Crippen LogP contribution in [0.4, 0.5) is 0 Å². The lowest BCUT2D eigenvalue weighted by atomic mass is 9.86. The van der Waals surface area contributed by atoms with Crippen LogP contribution < -0.4 is 0 Å². The summed E-state index contributed by atoms with van der Waals surface area (Å²) < 4.78 is 0. The minimum absolute atomic E-state index is 0.0267. The molecular weight excluding hydrogens is 206 g/mol. The molecule has 0 aromatic carbocycles. The summed E-state index contributed by atoms with van der Waals surface area (Å²) in [4.78, 5) is 2.21. The molecule has 0 bridgehead atoms. The van der Waals surface area contributed by atoms with Crippen LogP contribution in [0.25, 0.3) is 0 Å². The molecule has 1 heterocycles. The van der Waals surface area contributed by atoms with Gasteiger partial charge in [-0.3, -0.25) is 0 Å². The number of likely N-dealkylation sites (N-methyl/N-ethyl adjacent to an activating group) is 1. The second-order valence-corrected chi connectivity index (χ2v) is 5.44. The highest BCUT2D eigenvalue weighted by Gasteiger charge is 2.43. The van der Waals surface area contributed by atoms with E-state index in [1.54, 1.807) is 11.3 Å². The van der Waals surface area contributed by atoms with Gasteiger partial charge in [-0.2, -0.15) is 11.3 Å². The summed E-state index contributed by atoms with van der Waals surface area (Å²) in [5.74, 6) is 0. The average Bonchev–Trinajstić information content (AvgIpc) is 2.89. The molecule has 84 valence electrons. The monoisotopic (exact) mass is 225 g/mol. The van der Waals surface area contributed by atoms with Crippen molar-refractivity contribution in [3.63, 3.8) is 0 Å². The lowest BCUT2D eigenvalue weighted by molar-refractivity contribution is -0.00449. The van der Waals surface area contributed by atoms with Crippen molar-refractivity contribution in [2.24, 2.45) is 0 Å². The van der Waals surface area contributed by atoms with Crippen molar-refractivity contribution in [1.82, 2.24) is 4.90 Å². The standard InChI is InChI=1S/C12H19NOS/c1-13(2)12(6-3-4-7-12)11(14)10-5-8-15-9-10/h5,8-9,11,14H,3-4,6-7H2,1-2H3. The van der Waals surface area contributed by atoms with Gasteiger partial charge in [-0.15, -0.1) is 0 Å². The summed E-state index contributed by atoms with van der Waals surface area (Å²) in [6, 6.07) is 2.04. The van der Waals surface area contributed by atoms with E-state index < -0.39 is 0 Å². The van der Waals surface area contributed by atoms with Gasteiger partial charge in [0.15, 0.2) is 0 Å². The van der Waals surface area contributed by atoms with Gasteiger partial charge in [0.25, 0.3) is 0 Å². The topological polar surface area (TPSA) is 23.5 Å². The lowest BCUT2D eigenvalue weighted by Gasteiger charge is -2.40. The van der Waals surface area contributed by atoms with E-state index in [-0.39, 0.29) is 11.6 Å². The van der Waals surface area contributed by atoms with Gasteiger partial charge < -0.3 is 10.0 Å². The number of nitrogens with zero attached hydrogens (tertiary/aromatic N) is 1. The summed E-state index contributed by atoms with van der Waals surface area (Å²) >= 11 is 1.66. The molecule has 1 fully saturated rings. The molecule has 2 nitrogen and oxygen atoms in total. The van der Waals surface area contributed by atoms with E-state index in [1.807, 2.05) is 11.4 Å². The van der Waals surface area contributed by atoms with Gasteiger partial charge in [0.1, 0.15) is 0 Å². The molecule has 1 aliphatic rings. The quantitative estimate of drug-likeness (QED) is 0.855. The van der Waals surface area contributed by atoms with Crippen LogP contribution in [0.3, 0.4) is 0 Å². The Hall–Kier alpha value is -0.380. The Labute approximate surface area is 95.5 Å². The van der Waals surface area contributed by atoms with E-state index in [2.05, 4.69) is 24.4 Å². The van der Waals surface area contributed by atoms with Crippen LogP contribution in [0.15, 0.2) is 16.8 Å². The third-order valence-corrected chi connectivity index (χ3v) is 4.43. The number of aliphatic hydroxyl groups is 1. The number of hydrogen-bond donors (Lipinski definition) is 1. The van der Waals surface area contributed by atoms with Crippen molar-refractivity contribution in [2.75, 3.05) is 14.1 Å². The molecule has 0 spiro atoms. The van der Waals surface area contributed by atoms with Crippen LogP contribution in [0.5, 0.6) is 0 Å². The van der Waals surface area contributed by atoms with E-state index in [0.717, 1.165) is 18.4 Å². The molecule has 1 saturated carbocycles. The molecule has 0 saturated heterocycles. The molecule has 0 amide bonds. The summed E-state index contributed by atoms with van der Waals surface area (Å²) in [6.07, 6.45) is 4.36. The van der Waals surface area contributed by atoms with E-state index in [9.17, 15) is 5.11 Å². The summed E-state index contributed by atoms with van der Waals surface area (Å²) in [5, 5.41) is 14.6. The fraction of sp³-hybridized carbons (Fsp3) is 0.667. The smallest absolute Gasteiger partial charge is 0.0981 e. The zero-order valence-corrected chi connectivity index (χ0v) is 10.3. The van der Waals surface area contributed by atoms with E-state index in [1.165, 1.54) is 12.8 Å². The first-order valence-electron chi connectivity index (χ1n) is 5.54. The van der Waals surface area contributed by atoms with Gasteiger partial charge in [0.05, 0.1) is 11.6 Å². The maximum Gasteiger partial charge on any atom is 0.0981 e. The first kappa shape index (κ1) is 11.1. The SMILES string of the molecule is CN(C)C1(C(O)c2ccsc2)CCCC1. The Kier molecular flexibility index (Phi) is 3.14. The molecule has 1 aromatic rings. The molecule has 1 atom stereocenters. The Bertz CT molecular complexity index is 301. The number of aliphatic hydroxyl groups excluding tert-OH is 1. The molecule has 15 heavy (non-hydrogen) atoms. The number of rotatable bonds is 3. The first-order valence-corrected chi connectivity index (χ1v) is 6.49. The highest BCUT2D eigenvalue weighted by molar-refractivity contribution is 7.07. The molecule has 0 radical (unpaired) electrons. The van der Waals surface area contributed by atoms with E-state index in [4.69, 9.17) is 0 Å². The lowest BCUT2D eigenvalue weighted by Crippen LogP contribution is -2.46. The zero-order valence-electron chi connectivity index (χ0n) is 9.44. The number of hydrogen-bond acceptors (Lipinski definition) is 3. The summed E-state index contributed by atoms with van der Waals surface area (Å²) in [5.41, 5.74) is 1.05. The number of thiophene rings is 1. The summed E-state index contributed by atoms with van der Waals surface area (Å²) in [6.45, 7) is 0. The molecular formula is C12H19NOS. The van der Waals surface area contributed by atoms with Crippen molar-refractivity contribution < 1.29 is 5.11 Å². The average molecular weight is 225 g/mol. The molecule has 0 aliphatic heterocycles. The van der Waals surface area contributed by atoms with Crippen LogP contribution >= 0.6 is 11.3 Å². The van der Waals surface area contributed by atoms with Crippen LogP contribution in [0.2, 0.25) is 0 Å². The van der Waals surface area contributed by atoms with Crippen molar-refractivity contribution in [3.8, 4) is 0 Å². The van der Waals surface area contributed by atoms with Gasteiger partial charge in [0.2, 0.25) is 0 Å². The van der Waals surface area contributed by atoms with Gasteiger partial charge >= 0.3 is 0 Å². The summed E-state index contributed by atoms with van der Waals surface area (Å²) in [7, 11) is 4.17. The Morgan fingerprint density at radius 1 is 1.40 bits per heavy atom. The Morgan fingerprint density at radius 2 is 2.07 bits per heavy atom. The fourth-order valence-electron chi connectivity index (χ4n) is 2.69. The van der Waals surface area contributed by atoms with Gasteiger partial charge in [0, 0.05) is 0 Å². The second kappa shape index (κ2) is 4.24. The van der Waals surface area contributed by atoms with Crippen molar-refractivity contribution >= 4 is 11.3 Å². The molecule has 1 aromatic heterocycles. The molecule has 1 aliphatic carbocycles. The molecule has 1 unspecified atom stereocenters. The van der Waals surface area contributed by atoms with Gasteiger partial charge in [-0.25, -0.2) is 0 Å². The van der Waals surface area contributed by atoms with E-state index in [0.29, 0.717) is 0 Å². The zero-order chi connectivity index (χ0) is 10.9.